The Labute approximate surface area is 123 Å². The van der Waals surface area contributed by atoms with E-state index in [1.165, 1.54) is 24.0 Å². The number of rotatable bonds is 4. The van der Waals surface area contributed by atoms with Gasteiger partial charge >= 0.3 is 5.97 Å². The van der Waals surface area contributed by atoms with Crippen LogP contribution in [0.15, 0.2) is 18.2 Å². The minimum atomic E-state index is -1.07. The molecular weight excluding hydrogens is 266 g/mol. The van der Waals surface area contributed by atoms with E-state index in [2.05, 4.69) is 23.1 Å². The molecule has 1 aromatic carbocycles. The van der Waals surface area contributed by atoms with Crippen molar-refractivity contribution in [2.75, 3.05) is 0 Å². The predicted molar refractivity (Wildman–Crippen MR) is 79.0 cm³/mol. The molecule has 0 saturated carbocycles. The zero-order chi connectivity index (χ0) is 14.8. The first kappa shape index (κ1) is 13.8. The van der Waals surface area contributed by atoms with E-state index in [9.17, 15) is 4.79 Å². The molecule has 3 rings (SSSR count). The second-order valence-corrected chi connectivity index (χ2v) is 5.44. The maximum atomic E-state index is 11.2. The van der Waals surface area contributed by atoms with E-state index in [-0.39, 0.29) is 5.82 Å². The second kappa shape index (κ2) is 5.68. The average Bonchev–Trinajstić information content (AvgIpc) is 2.91. The number of nitrogens with zero attached hydrogens (tertiary/aromatic N) is 3. The van der Waals surface area contributed by atoms with Gasteiger partial charge in [0.2, 0.25) is 0 Å². The maximum Gasteiger partial charge on any atom is 0.375 e. The van der Waals surface area contributed by atoms with Gasteiger partial charge in [-0.25, -0.2) is 14.5 Å². The fourth-order valence-corrected chi connectivity index (χ4v) is 2.97. The van der Waals surface area contributed by atoms with Gasteiger partial charge in [0.25, 0.3) is 5.82 Å². The molecule has 1 aromatic heterocycles. The van der Waals surface area contributed by atoms with E-state index in [1.807, 2.05) is 12.1 Å². The lowest BCUT2D eigenvalue weighted by molar-refractivity contribution is 0.0683. The summed E-state index contributed by atoms with van der Waals surface area (Å²) < 4.78 is 1.73. The van der Waals surface area contributed by atoms with Crippen molar-refractivity contribution in [2.24, 2.45) is 0 Å². The van der Waals surface area contributed by atoms with Crippen LogP contribution in [0.1, 0.15) is 53.8 Å². The van der Waals surface area contributed by atoms with Crippen molar-refractivity contribution in [3.8, 4) is 5.69 Å². The summed E-state index contributed by atoms with van der Waals surface area (Å²) in [7, 11) is 0. The molecule has 1 aliphatic carbocycles. The molecule has 0 radical (unpaired) electrons. The van der Waals surface area contributed by atoms with Crippen LogP contribution in [0, 0.1) is 0 Å². The highest BCUT2D eigenvalue weighted by Crippen LogP contribution is 2.27. The van der Waals surface area contributed by atoms with Crippen molar-refractivity contribution in [1.29, 1.82) is 0 Å². The largest absolute Gasteiger partial charge is 0.475 e. The number of carboxylic acid groups (broad SMARTS) is 1. The van der Waals surface area contributed by atoms with Gasteiger partial charge in [0.1, 0.15) is 5.82 Å². The summed E-state index contributed by atoms with van der Waals surface area (Å²) in [6.45, 7) is 2.06. The quantitative estimate of drug-likeness (QED) is 0.938. The number of aromatic nitrogens is 3. The Morgan fingerprint density at radius 1 is 1.33 bits per heavy atom. The third-order valence-electron chi connectivity index (χ3n) is 3.94. The fourth-order valence-electron chi connectivity index (χ4n) is 2.97. The fraction of sp³-hybridized carbons (Fsp3) is 0.438. The van der Waals surface area contributed by atoms with E-state index in [4.69, 9.17) is 5.11 Å². The molecule has 110 valence electrons. The third kappa shape index (κ3) is 2.55. The molecule has 5 heteroatoms. The number of benzene rings is 1. The number of aromatic carboxylic acids is 1. The number of aryl methyl sites for hydroxylation is 2. The number of hydrogen-bond donors (Lipinski definition) is 1. The first-order valence-corrected chi connectivity index (χ1v) is 7.51. The van der Waals surface area contributed by atoms with Crippen molar-refractivity contribution in [1.82, 2.24) is 14.8 Å². The van der Waals surface area contributed by atoms with E-state index < -0.39 is 5.97 Å². The van der Waals surface area contributed by atoms with Crippen LogP contribution in [0.4, 0.5) is 0 Å². The Balaban J connectivity index is 2.13. The SMILES string of the molecule is CCCc1nc(C(=O)O)nn1-c1cccc2c1CCCC2. The van der Waals surface area contributed by atoms with Gasteiger partial charge in [-0.15, -0.1) is 5.10 Å². The Morgan fingerprint density at radius 3 is 2.90 bits per heavy atom. The van der Waals surface area contributed by atoms with E-state index in [0.29, 0.717) is 0 Å². The number of hydrogen-bond acceptors (Lipinski definition) is 3. The molecule has 0 saturated heterocycles. The summed E-state index contributed by atoms with van der Waals surface area (Å²) >= 11 is 0. The molecule has 0 atom stereocenters. The molecule has 5 nitrogen and oxygen atoms in total. The Bertz CT molecular complexity index is 676. The smallest absolute Gasteiger partial charge is 0.375 e. The minimum Gasteiger partial charge on any atom is -0.475 e. The van der Waals surface area contributed by atoms with Gasteiger partial charge in [-0.3, -0.25) is 0 Å². The first-order chi connectivity index (χ1) is 10.2. The summed E-state index contributed by atoms with van der Waals surface area (Å²) in [5.41, 5.74) is 3.65. The van der Waals surface area contributed by atoms with Gasteiger partial charge in [-0.1, -0.05) is 19.1 Å². The van der Waals surface area contributed by atoms with Gasteiger partial charge in [0.15, 0.2) is 0 Å². The van der Waals surface area contributed by atoms with Crippen LogP contribution in [0.5, 0.6) is 0 Å². The minimum absolute atomic E-state index is 0.119. The van der Waals surface area contributed by atoms with Crippen LogP contribution in [-0.4, -0.2) is 25.8 Å². The molecule has 1 heterocycles. The van der Waals surface area contributed by atoms with Gasteiger partial charge in [0, 0.05) is 6.42 Å². The Morgan fingerprint density at radius 2 is 2.14 bits per heavy atom. The number of carbonyl (C=O) groups is 1. The van der Waals surface area contributed by atoms with Crippen LogP contribution >= 0.6 is 0 Å². The van der Waals surface area contributed by atoms with Crippen LogP contribution < -0.4 is 0 Å². The zero-order valence-corrected chi connectivity index (χ0v) is 12.2. The van der Waals surface area contributed by atoms with Gasteiger partial charge in [0.05, 0.1) is 5.69 Å². The summed E-state index contributed by atoms with van der Waals surface area (Å²) in [6, 6.07) is 6.20. The van der Waals surface area contributed by atoms with E-state index in [1.54, 1.807) is 4.68 Å². The van der Waals surface area contributed by atoms with Crippen LogP contribution in [-0.2, 0) is 19.3 Å². The van der Waals surface area contributed by atoms with Crippen molar-refractivity contribution < 1.29 is 9.90 Å². The van der Waals surface area contributed by atoms with Gasteiger partial charge in [-0.05, 0) is 49.3 Å². The van der Waals surface area contributed by atoms with Crippen LogP contribution in [0.2, 0.25) is 0 Å². The number of carboxylic acids is 1. The normalized spacial score (nSPS) is 14.0. The molecule has 0 fully saturated rings. The summed E-state index contributed by atoms with van der Waals surface area (Å²) in [5.74, 6) is -0.461. The lowest BCUT2D eigenvalue weighted by Crippen LogP contribution is -2.11. The average molecular weight is 285 g/mol. The highest BCUT2D eigenvalue weighted by Gasteiger charge is 2.20. The molecule has 0 aliphatic heterocycles. The number of fused-ring (bicyclic) bond motifs is 1. The molecule has 1 aliphatic rings. The first-order valence-electron chi connectivity index (χ1n) is 7.51. The van der Waals surface area contributed by atoms with Crippen molar-refractivity contribution >= 4 is 5.97 Å². The molecule has 0 unspecified atom stereocenters. The highest BCUT2D eigenvalue weighted by atomic mass is 16.4. The van der Waals surface area contributed by atoms with Crippen molar-refractivity contribution in [3.05, 3.63) is 41.0 Å². The topological polar surface area (TPSA) is 68.0 Å². The summed E-state index contributed by atoms with van der Waals surface area (Å²) in [4.78, 5) is 15.3. The zero-order valence-electron chi connectivity index (χ0n) is 12.2. The highest BCUT2D eigenvalue weighted by molar-refractivity contribution is 5.83. The lowest BCUT2D eigenvalue weighted by Gasteiger charge is -2.19. The van der Waals surface area contributed by atoms with Gasteiger partial charge in [-0.2, -0.15) is 0 Å². The lowest BCUT2D eigenvalue weighted by atomic mass is 9.90. The van der Waals surface area contributed by atoms with E-state index in [0.717, 1.165) is 37.2 Å². The second-order valence-electron chi connectivity index (χ2n) is 5.44. The molecule has 21 heavy (non-hydrogen) atoms. The summed E-state index contributed by atoms with van der Waals surface area (Å²) in [6.07, 6.45) is 6.15. The predicted octanol–water partition coefficient (Wildman–Crippen LogP) is 2.80. The maximum absolute atomic E-state index is 11.2. The summed E-state index contributed by atoms with van der Waals surface area (Å²) in [5, 5.41) is 13.4. The van der Waals surface area contributed by atoms with E-state index >= 15 is 0 Å². The van der Waals surface area contributed by atoms with Gasteiger partial charge < -0.3 is 5.11 Å². The third-order valence-corrected chi connectivity index (χ3v) is 3.94. The Kier molecular flexibility index (Phi) is 3.73. The molecule has 0 spiro atoms. The van der Waals surface area contributed by atoms with Crippen LogP contribution in [0.25, 0.3) is 5.69 Å². The molecule has 2 aromatic rings. The van der Waals surface area contributed by atoms with Crippen molar-refractivity contribution in [2.45, 2.75) is 45.4 Å². The Hall–Kier alpha value is -2.17. The standard InChI is InChI=1S/C16H19N3O2/c1-2-6-14-17-15(16(20)21)18-19(14)13-10-5-8-11-7-3-4-9-12(11)13/h5,8,10H,2-4,6-7,9H2,1H3,(H,20,21). The van der Waals surface area contributed by atoms with Crippen LogP contribution in [0.3, 0.4) is 0 Å². The molecule has 0 bridgehead atoms. The molecule has 0 amide bonds. The molecular formula is C16H19N3O2. The molecule has 1 N–H and O–H groups in total. The van der Waals surface area contributed by atoms with Crippen molar-refractivity contribution in [3.63, 3.8) is 0 Å². The monoisotopic (exact) mass is 285 g/mol.